The summed E-state index contributed by atoms with van der Waals surface area (Å²) in [4.78, 5) is 14.0. The number of hydrogen-bond donors (Lipinski definition) is 2. The summed E-state index contributed by atoms with van der Waals surface area (Å²) in [6.07, 6.45) is 5.19. The van der Waals surface area contributed by atoms with Gasteiger partial charge in [-0.3, -0.25) is 4.79 Å². The van der Waals surface area contributed by atoms with Crippen LogP contribution in [0.4, 0.5) is 0 Å². The molecule has 4 nitrogen and oxygen atoms in total. The van der Waals surface area contributed by atoms with Crippen LogP contribution < -0.4 is 10.2 Å². The minimum absolute atomic E-state index is 0.104. The molecule has 1 saturated heterocycles. The zero-order chi connectivity index (χ0) is 15.6. The van der Waals surface area contributed by atoms with Crippen LogP contribution in [-0.2, 0) is 11.3 Å². The first kappa shape index (κ1) is 15.2. The molecule has 0 unspecified atom stereocenters. The van der Waals surface area contributed by atoms with Gasteiger partial charge in [-0.2, -0.15) is 0 Å². The zero-order valence-electron chi connectivity index (χ0n) is 13.7. The van der Waals surface area contributed by atoms with Crippen LogP contribution in [0.25, 0.3) is 0 Å². The number of benzene rings is 1. The fraction of sp³-hybridized carbons (Fsp3) is 0.632. The van der Waals surface area contributed by atoms with Crippen molar-refractivity contribution in [2.45, 2.75) is 38.3 Å². The van der Waals surface area contributed by atoms with Gasteiger partial charge in [0.1, 0.15) is 19.6 Å². The Balaban J connectivity index is 1.33. The molecule has 23 heavy (non-hydrogen) atoms. The van der Waals surface area contributed by atoms with Crippen LogP contribution >= 0.6 is 0 Å². The molecule has 124 valence electrons. The predicted octanol–water partition coefficient (Wildman–Crippen LogP) is 1.02. The van der Waals surface area contributed by atoms with Crippen molar-refractivity contribution in [3.8, 4) is 0 Å². The Labute approximate surface area is 138 Å². The average molecular weight is 315 g/mol. The summed E-state index contributed by atoms with van der Waals surface area (Å²) in [6, 6.07) is 8.60. The molecule has 4 heteroatoms. The summed E-state index contributed by atoms with van der Waals surface area (Å²) in [5, 5.41) is 3.27. The smallest absolute Gasteiger partial charge is 0.251 e. The second-order valence-corrected chi connectivity index (χ2v) is 7.49. The summed E-state index contributed by atoms with van der Waals surface area (Å²) < 4.78 is 5.40. The molecule has 2 N–H and O–H groups in total. The van der Waals surface area contributed by atoms with Gasteiger partial charge in [-0.15, -0.1) is 0 Å². The van der Waals surface area contributed by atoms with Gasteiger partial charge < -0.3 is 15.0 Å². The topological polar surface area (TPSA) is 42.8 Å². The van der Waals surface area contributed by atoms with Crippen molar-refractivity contribution < 1.29 is 14.4 Å². The molecule has 0 radical (unpaired) electrons. The van der Waals surface area contributed by atoms with E-state index in [1.165, 1.54) is 31.2 Å². The number of carbonyl (C=O) groups is 1. The van der Waals surface area contributed by atoms with Crippen LogP contribution in [-0.4, -0.2) is 38.3 Å². The Hall–Kier alpha value is -1.39. The molecule has 4 rings (SSSR count). The average Bonchev–Trinajstić information content (AvgIpc) is 3.19. The molecule has 1 heterocycles. The van der Waals surface area contributed by atoms with E-state index in [0.29, 0.717) is 6.04 Å². The standard InChI is InChI=1S/C19H26N2O2/c22-19(20-18-12-15-3-6-17(18)11-15)16-4-1-14(2-5-16)13-21-7-9-23-10-8-21/h1-2,4-5,15,17-18H,3,6-13H2,(H,20,22)/p+1/t15-,17+,18-/m0/s1. The lowest BCUT2D eigenvalue weighted by Gasteiger charge is -2.24. The van der Waals surface area contributed by atoms with E-state index in [4.69, 9.17) is 4.74 Å². The van der Waals surface area contributed by atoms with Gasteiger partial charge in [0.25, 0.3) is 5.91 Å². The minimum Gasteiger partial charge on any atom is -0.370 e. The molecule has 2 saturated carbocycles. The lowest BCUT2D eigenvalue weighted by molar-refractivity contribution is -0.921. The van der Waals surface area contributed by atoms with Crippen LogP contribution in [0.3, 0.4) is 0 Å². The quantitative estimate of drug-likeness (QED) is 0.871. The number of fused-ring (bicyclic) bond motifs is 2. The van der Waals surface area contributed by atoms with Crippen LogP contribution in [0.15, 0.2) is 24.3 Å². The fourth-order valence-electron chi connectivity index (χ4n) is 4.57. The number of ether oxygens (including phenoxy) is 1. The molecule has 1 amide bonds. The van der Waals surface area contributed by atoms with Crippen molar-refractivity contribution >= 4 is 5.91 Å². The van der Waals surface area contributed by atoms with Gasteiger partial charge in [0.2, 0.25) is 0 Å². The highest BCUT2D eigenvalue weighted by molar-refractivity contribution is 5.94. The maximum Gasteiger partial charge on any atom is 0.251 e. The molecule has 3 fully saturated rings. The first-order chi connectivity index (χ1) is 11.3. The SMILES string of the molecule is O=C(N[C@H]1C[C@H]2CC[C@@H]1C2)c1ccc(C[NH+]2CCOCC2)cc1. The Morgan fingerprint density at radius 2 is 1.91 bits per heavy atom. The number of nitrogens with one attached hydrogen (secondary N) is 2. The van der Waals surface area contributed by atoms with Crippen LogP contribution in [0.5, 0.6) is 0 Å². The van der Waals surface area contributed by atoms with Crippen molar-refractivity contribution in [1.82, 2.24) is 5.32 Å². The molecule has 3 atom stereocenters. The van der Waals surface area contributed by atoms with Crippen molar-refractivity contribution in [3.05, 3.63) is 35.4 Å². The predicted molar refractivity (Wildman–Crippen MR) is 88.4 cm³/mol. The number of carbonyl (C=O) groups excluding carboxylic acids is 1. The van der Waals surface area contributed by atoms with E-state index in [0.717, 1.165) is 50.2 Å². The third-order valence-corrected chi connectivity index (χ3v) is 5.92. The molecular weight excluding hydrogens is 288 g/mol. The summed E-state index contributed by atoms with van der Waals surface area (Å²) >= 11 is 0. The first-order valence-corrected chi connectivity index (χ1v) is 9.09. The van der Waals surface area contributed by atoms with Gasteiger partial charge in [-0.05, 0) is 43.2 Å². The maximum absolute atomic E-state index is 12.4. The third-order valence-electron chi connectivity index (χ3n) is 5.92. The van der Waals surface area contributed by atoms with Gasteiger partial charge in [0.05, 0.1) is 13.2 Å². The maximum atomic E-state index is 12.4. The van der Waals surface area contributed by atoms with E-state index in [2.05, 4.69) is 17.4 Å². The molecule has 1 aromatic rings. The highest BCUT2D eigenvalue weighted by Crippen LogP contribution is 2.44. The van der Waals surface area contributed by atoms with Crippen LogP contribution in [0.1, 0.15) is 41.6 Å². The van der Waals surface area contributed by atoms with E-state index in [1.807, 2.05) is 12.1 Å². The molecule has 0 spiro atoms. The summed E-state index contributed by atoms with van der Waals surface area (Å²) in [7, 11) is 0. The van der Waals surface area contributed by atoms with Gasteiger partial charge in [-0.1, -0.05) is 18.6 Å². The molecule has 2 bridgehead atoms. The van der Waals surface area contributed by atoms with Gasteiger partial charge >= 0.3 is 0 Å². The van der Waals surface area contributed by atoms with Crippen molar-refractivity contribution in [1.29, 1.82) is 0 Å². The molecule has 1 aliphatic heterocycles. The molecule has 2 aliphatic carbocycles. The number of hydrogen-bond acceptors (Lipinski definition) is 2. The number of amides is 1. The Morgan fingerprint density at radius 1 is 1.13 bits per heavy atom. The Bertz CT molecular complexity index is 551. The van der Waals surface area contributed by atoms with Crippen molar-refractivity contribution in [2.24, 2.45) is 11.8 Å². The van der Waals surface area contributed by atoms with Crippen LogP contribution in [0.2, 0.25) is 0 Å². The Kier molecular flexibility index (Phi) is 4.36. The van der Waals surface area contributed by atoms with Crippen LogP contribution in [0, 0.1) is 11.8 Å². The second-order valence-electron chi connectivity index (χ2n) is 7.49. The van der Waals surface area contributed by atoms with E-state index < -0.39 is 0 Å². The minimum atomic E-state index is 0.104. The highest BCUT2D eigenvalue weighted by atomic mass is 16.5. The largest absolute Gasteiger partial charge is 0.370 e. The first-order valence-electron chi connectivity index (χ1n) is 9.09. The van der Waals surface area contributed by atoms with Gasteiger partial charge in [0.15, 0.2) is 0 Å². The van der Waals surface area contributed by atoms with Crippen molar-refractivity contribution in [3.63, 3.8) is 0 Å². The number of rotatable bonds is 4. The third kappa shape index (κ3) is 3.43. The van der Waals surface area contributed by atoms with E-state index in [9.17, 15) is 4.79 Å². The normalized spacial score (nSPS) is 30.5. The number of quaternary nitrogens is 1. The lowest BCUT2D eigenvalue weighted by Crippen LogP contribution is -3.12. The lowest BCUT2D eigenvalue weighted by atomic mass is 9.95. The van der Waals surface area contributed by atoms with E-state index in [-0.39, 0.29) is 5.91 Å². The summed E-state index contributed by atoms with van der Waals surface area (Å²) in [5.74, 6) is 1.70. The molecule has 1 aromatic carbocycles. The van der Waals surface area contributed by atoms with E-state index in [1.54, 1.807) is 4.90 Å². The highest BCUT2D eigenvalue weighted by Gasteiger charge is 2.40. The number of morpholine rings is 1. The molecule has 0 aromatic heterocycles. The summed E-state index contributed by atoms with van der Waals surface area (Å²) in [5.41, 5.74) is 2.10. The zero-order valence-corrected chi connectivity index (χ0v) is 13.7. The van der Waals surface area contributed by atoms with Crippen molar-refractivity contribution in [2.75, 3.05) is 26.3 Å². The molecular formula is C19H27N2O2+. The monoisotopic (exact) mass is 315 g/mol. The Morgan fingerprint density at radius 3 is 2.57 bits per heavy atom. The molecule has 3 aliphatic rings. The van der Waals surface area contributed by atoms with E-state index >= 15 is 0 Å². The van der Waals surface area contributed by atoms with Gasteiger partial charge in [0, 0.05) is 17.2 Å². The second kappa shape index (κ2) is 6.62. The van der Waals surface area contributed by atoms with Gasteiger partial charge in [-0.25, -0.2) is 0 Å². The summed E-state index contributed by atoms with van der Waals surface area (Å²) in [6.45, 7) is 4.90. The fourth-order valence-corrected chi connectivity index (χ4v) is 4.57.